The van der Waals surface area contributed by atoms with Crippen LogP contribution in [0, 0.1) is 0 Å². The minimum Gasteiger partial charge on any atom is -0.489 e. The van der Waals surface area contributed by atoms with Crippen LogP contribution in [0.3, 0.4) is 0 Å². The van der Waals surface area contributed by atoms with E-state index in [9.17, 15) is 4.79 Å². The molecule has 192 valence electrons. The lowest BCUT2D eigenvalue weighted by molar-refractivity contribution is 0.0708. The first-order valence-corrected chi connectivity index (χ1v) is 13.5. The Morgan fingerprint density at radius 1 is 1.08 bits per heavy atom. The maximum Gasteiger partial charge on any atom is 0.254 e. The second kappa shape index (κ2) is 9.19. The van der Waals surface area contributed by atoms with Crippen LogP contribution < -0.4 is 10.5 Å². The van der Waals surface area contributed by atoms with Crippen molar-refractivity contribution >= 4 is 39.4 Å². The van der Waals surface area contributed by atoms with E-state index in [4.69, 9.17) is 27.1 Å². The van der Waals surface area contributed by atoms with Crippen molar-refractivity contribution in [1.82, 2.24) is 19.0 Å². The van der Waals surface area contributed by atoms with Crippen molar-refractivity contribution in [3.63, 3.8) is 0 Å². The number of nitrogens with two attached hydrogens (primary N) is 1. The van der Waals surface area contributed by atoms with Gasteiger partial charge < -0.3 is 24.5 Å². The molecule has 0 bridgehead atoms. The van der Waals surface area contributed by atoms with E-state index in [1.54, 1.807) is 0 Å². The molecule has 0 saturated carbocycles. The third-order valence-electron chi connectivity index (χ3n) is 7.66. The van der Waals surface area contributed by atoms with Gasteiger partial charge in [0.2, 0.25) is 0 Å². The van der Waals surface area contributed by atoms with E-state index in [1.807, 2.05) is 29.2 Å². The van der Waals surface area contributed by atoms with E-state index >= 15 is 0 Å². The number of hydrogen-bond donors (Lipinski definition) is 1. The van der Waals surface area contributed by atoms with Crippen molar-refractivity contribution in [2.45, 2.75) is 32.0 Å². The quantitative estimate of drug-likeness (QED) is 0.344. The van der Waals surface area contributed by atoms with Crippen molar-refractivity contribution < 1.29 is 9.53 Å². The molecule has 2 aliphatic rings. The molecular formula is C30H28ClN5O2. The van der Waals surface area contributed by atoms with Gasteiger partial charge in [-0.15, -0.1) is 0 Å². The monoisotopic (exact) mass is 525 g/mol. The number of imidazole rings is 1. The molecule has 1 amide bonds. The van der Waals surface area contributed by atoms with Crippen LogP contribution in [0.15, 0.2) is 66.7 Å². The Labute approximate surface area is 225 Å². The molecule has 8 heteroatoms. The third kappa shape index (κ3) is 3.94. The summed E-state index contributed by atoms with van der Waals surface area (Å²) in [5.41, 5.74) is 11.8. The van der Waals surface area contributed by atoms with E-state index in [0.29, 0.717) is 37.6 Å². The number of carbonyl (C=O) groups excluding carboxylic acids is 1. The van der Waals surface area contributed by atoms with E-state index in [0.717, 1.165) is 63.4 Å². The highest BCUT2D eigenvalue weighted by atomic mass is 35.5. The Kier molecular flexibility index (Phi) is 5.64. The van der Waals surface area contributed by atoms with Gasteiger partial charge in [0.15, 0.2) is 5.82 Å². The Morgan fingerprint density at radius 3 is 2.76 bits per heavy atom. The van der Waals surface area contributed by atoms with Crippen molar-refractivity contribution in [2.75, 3.05) is 19.7 Å². The number of aromatic nitrogens is 3. The van der Waals surface area contributed by atoms with E-state index < -0.39 is 0 Å². The largest absolute Gasteiger partial charge is 0.489 e. The molecule has 7 rings (SSSR count). The maximum atomic E-state index is 13.4. The van der Waals surface area contributed by atoms with Crippen LogP contribution in [0.1, 0.15) is 28.8 Å². The van der Waals surface area contributed by atoms with Gasteiger partial charge in [0.05, 0.1) is 17.8 Å². The predicted octanol–water partition coefficient (Wildman–Crippen LogP) is 5.32. The van der Waals surface area contributed by atoms with E-state index in [1.165, 1.54) is 0 Å². The zero-order valence-corrected chi connectivity index (χ0v) is 21.7. The highest BCUT2D eigenvalue weighted by molar-refractivity contribution is 6.30. The van der Waals surface area contributed by atoms with Gasteiger partial charge in [0.1, 0.15) is 17.9 Å². The topological polar surface area (TPSA) is 78.3 Å². The number of likely N-dealkylation sites (tertiary alicyclic amines) is 1. The highest BCUT2D eigenvalue weighted by Crippen LogP contribution is 2.37. The fourth-order valence-corrected chi connectivity index (χ4v) is 5.97. The zero-order chi connectivity index (χ0) is 25.8. The Balaban J connectivity index is 1.36. The molecule has 5 aromatic rings. The number of amides is 1. The summed E-state index contributed by atoms with van der Waals surface area (Å²) in [6, 6.07) is 22.4. The number of para-hydroxylation sites is 1. The zero-order valence-electron chi connectivity index (χ0n) is 20.9. The number of benzene rings is 3. The predicted molar refractivity (Wildman–Crippen MR) is 150 cm³/mol. The molecule has 2 N–H and O–H groups in total. The lowest BCUT2D eigenvalue weighted by Gasteiger charge is -2.31. The number of nitrogens with zero attached hydrogens (tertiary/aromatic N) is 4. The van der Waals surface area contributed by atoms with Crippen LogP contribution in [0.4, 0.5) is 0 Å². The number of piperidine rings is 1. The summed E-state index contributed by atoms with van der Waals surface area (Å²) >= 11 is 6.15. The summed E-state index contributed by atoms with van der Waals surface area (Å²) in [5, 5.41) is 1.88. The standard InChI is InChI=1S/C30H28ClN5O2/c31-22-9-7-19(8-10-22)17-36-25-6-2-1-4-20(25)15-26(36)29-33-24-14-21(16-27-28(24)35(29)12-13-38-27)30(37)34-11-3-5-23(32)18-34/h1-2,4,6-10,14-16,23H,3,5,11-13,17-18,32H2/t23-/m1/s1. The summed E-state index contributed by atoms with van der Waals surface area (Å²) in [6.07, 6.45) is 1.88. The Hall–Kier alpha value is -3.81. The molecule has 0 spiro atoms. The third-order valence-corrected chi connectivity index (χ3v) is 7.92. The lowest BCUT2D eigenvalue weighted by Crippen LogP contribution is -2.45. The molecule has 1 fully saturated rings. The van der Waals surface area contributed by atoms with Crippen LogP contribution in [-0.2, 0) is 13.1 Å². The Morgan fingerprint density at radius 2 is 1.92 bits per heavy atom. The van der Waals surface area contributed by atoms with Crippen LogP contribution in [0.5, 0.6) is 5.75 Å². The molecule has 0 radical (unpaired) electrons. The van der Waals surface area contributed by atoms with Crippen LogP contribution in [0.2, 0.25) is 5.02 Å². The molecule has 0 aliphatic carbocycles. The van der Waals surface area contributed by atoms with Crippen LogP contribution in [-0.4, -0.2) is 50.7 Å². The molecule has 38 heavy (non-hydrogen) atoms. The smallest absolute Gasteiger partial charge is 0.254 e. The molecule has 1 atom stereocenters. The molecule has 4 heterocycles. The first-order chi connectivity index (χ1) is 18.5. The summed E-state index contributed by atoms with van der Waals surface area (Å²) in [5.74, 6) is 1.57. The molecule has 2 aromatic heterocycles. The summed E-state index contributed by atoms with van der Waals surface area (Å²) in [4.78, 5) is 20.4. The highest BCUT2D eigenvalue weighted by Gasteiger charge is 2.27. The molecular weight excluding hydrogens is 498 g/mol. The second-order valence-corrected chi connectivity index (χ2v) is 10.7. The van der Waals surface area contributed by atoms with Gasteiger partial charge in [-0.1, -0.05) is 41.9 Å². The lowest BCUT2D eigenvalue weighted by atomic mass is 10.0. The first kappa shape index (κ1) is 23.3. The number of fused-ring (bicyclic) bond motifs is 1. The van der Waals surface area contributed by atoms with Crippen molar-refractivity contribution in [1.29, 1.82) is 0 Å². The fraction of sp³-hybridized carbons (Fsp3) is 0.267. The number of carbonyl (C=O) groups is 1. The van der Waals surface area contributed by atoms with Crippen molar-refractivity contribution in [2.24, 2.45) is 5.73 Å². The van der Waals surface area contributed by atoms with Crippen molar-refractivity contribution in [3.8, 4) is 17.3 Å². The van der Waals surface area contributed by atoms with Gasteiger partial charge in [-0.3, -0.25) is 4.79 Å². The molecule has 1 saturated heterocycles. The SMILES string of the molecule is N[C@@H]1CCCN(C(=O)c2cc3c4c(c2)nc(-c2cc5ccccc5n2Cc2ccc(Cl)cc2)n4CCO3)C1. The van der Waals surface area contributed by atoms with Crippen LogP contribution >= 0.6 is 11.6 Å². The molecule has 0 unspecified atom stereocenters. The summed E-state index contributed by atoms with van der Waals surface area (Å²) < 4.78 is 10.6. The summed E-state index contributed by atoms with van der Waals surface area (Å²) in [6.45, 7) is 3.21. The average molecular weight is 526 g/mol. The van der Waals surface area contributed by atoms with E-state index in [2.05, 4.69) is 51.6 Å². The second-order valence-electron chi connectivity index (χ2n) is 10.2. The number of rotatable bonds is 4. The summed E-state index contributed by atoms with van der Waals surface area (Å²) in [7, 11) is 0. The number of ether oxygens (including phenoxy) is 1. The minimum absolute atomic E-state index is 0.0135. The van der Waals surface area contributed by atoms with Gasteiger partial charge >= 0.3 is 0 Å². The normalized spacial score (nSPS) is 17.2. The van der Waals surface area contributed by atoms with Gasteiger partial charge in [-0.25, -0.2) is 4.98 Å². The number of halogens is 1. The van der Waals surface area contributed by atoms with Crippen LogP contribution in [0.25, 0.3) is 33.5 Å². The van der Waals surface area contributed by atoms with Gasteiger partial charge in [-0.2, -0.15) is 0 Å². The molecule has 7 nitrogen and oxygen atoms in total. The molecule has 3 aromatic carbocycles. The Bertz CT molecular complexity index is 1690. The van der Waals surface area contributed by atoms with Crippen molar-refractivity contribution in [3.05, 3.63) is 82.9 Å². The molecule has 2 aliphatic heterocycles. The fourth-order valence-electron chi connectivity index (χ4n) is 5.84. The van der Waals surface area contributed by atoms with Gasteiger partial charge in [0.25, 0.3) is 5.91 Å². The number of hydrogen-bond acceptors (Lipinski definition) is 4. The van der Waals surface area contributed by atoms with Gasteiger partial charge in [0, 0.05) is 47.2 Å². The first-order valence-electron chi connectivity index (χ1n) is 13.1. The van der Waals surface area contributed by atoms with Gasteiger partial charge in [-0.05, 0) is 54.8 Å². The van der Waals surface area contributed by atoms with E-state index in [-0.39, 0.29) is 11.9 Å². The average Bonchev–Trinajstić information content (AvgIpc) is 3.49. The minimum atomic E-state index is -0.0135. The maximum absolute atomic E-state index is 13.4.